The number of benzene rings is 10. The lowest BCUT2D eigenvalue weighted by atomic mass is 9.33. The Bertz CT molecular complexity index is 3110. The van der Waals surface area contributed by atoms with Crippen LogP contribution in [0.5, 0.6) is 0 Å². The highest BCUT2D eigenvalue weighted by Crippen LogP contribution is 2.44. The first-order valence-corrected chi connectivity index (χ1v) is 22.8. The second-order valence-electron chi connectivity index (χ2n) is 17.7. The average molecular weight is 837 g/mol. The van der Waals surface area contributed by atoms with Gasteiger partial charge in [0.15, 0.2) is 0 Å². The van der Waals surface area contributed by atoms with Crippen molar-refractivity contribution >= 4 is 78.8 Å². The van der Waals surface area contributed by atoms with Crippen molar-refractivity contribution in [3.63, 3.8) is 0 Å². The molecule has 0 saturated carbocycles. The number of hydrogen-bond donors (Lipinski definition) is 0. The monoisotopic (exact) mass is 836 g/mol. The van der Waals surface area contributed by atoms with Gasteiger partial charge in [0.2, 0.25) is 6.71 Å². The first-order valence-electron chi connectivity index (χ1n) is 22.8. The summed E-state index contributed by atoms with van der Waals surface area (Å²) in [7, 11) is 0. The van der Waals surface area contributed by atoms with E-state index in [2.05, 4.69) is 264 Å². The van der Waals surface area contributed by atoms with Crippen molar-refractivity contribution < 1.29 is 0 Å². The fraction of sp³-hybridized carbons (Fsp3) is 0.0968. The maximum atomic E-state index is 2.47. The molecule has 10 rings (SSSR count). The molecule has 0 spiro atoms. The Morgan fingerprint density at radius 1 is 0.277 bits per heavy atom. The minimum absolute atomic E-state index is 0.0170. The topological polar surface area (TPSA) is 6.48 Å². The predicted molar refractivity (Wildman–Crippen MR) is 282 cm³/mol. The summed E-state index contributed by atoms with van der Waals surface area (Å²) in [5.74, 6) is 0. The average Bonchev–Trinajstić information content (AvgIpc) is 3.32. The van der Waals surface area contributed by atoms with Gasteiger partial charge in [0.05, 0.1) is 5.69 Å². The molecule has 0 atom stereocenters. The maximum absolute atomic E-state index is 2.47. The van der Waals surface area contributed by atoms with Crippen LogP contribution in [0.15, 0.2) is 212 Å². The van der Waals surface area contributed by atoms with E-state index in [1.807, 2.05) is 0 Å². The number of nitrogens with zero attached hydrogens (tertiary/aromatic N) is 2. The summed E-state index contributed by atoms with van der Waals surface area (Å²) < 4.78 is 0. The predicted octanol–water partition coefficient (Wildman–Crippen LogP) is 15.0. The van der Waals surface area contributed by atoms with E-state index in [0.29, 0.717) is 0 Å². The van der Waals surface area contributed by atoms with Crippen LogP contribution >= 0.6 is 0 Å². The van der Waals surface area contributed by atoms with Crippen LogP contribution in [0.2, 0.25) is 0 Å². The SMILES string of the molecule is Cc1cc(C)c(B(c2c(C)cc(C)cc2C)c2c3ccccc3c(N(c3ccccc3)c3ccc(-c4ccc(N(c5ccccc5)c5ccccc5)cc4)cc3)c3ccccc23)c(C)c1. The zero-order chi connectivity index (χ0) is 44.6. The number of anilines is 6. The number of hydrogen-bond acceptors (Lipinski definition) is 2. The Hall–Kier alpha value is -7.62. The van der Waals surface area contributed by atoms with Crippen LogP contribution in [0.4, 0.5) is 34.1 Å². The maximum Gasteiger partial charge on any atom is 0.244 e. The quantitative estimate of drug-likeness (QED) is 0.100. The second kappa shape index (κ2) is 17.5. The van der Waals surface area contributed by atoms with Gasteiger partial charge in [-0.15, -0.1) is 0 Å². The minimum Gasteiger partial charge on any atom is -0.311 e. The Morgan fingerprint density at radius 3 is 0.938 bits per heavy atom. The Labute approximate surface area is 385 Å². The van der Waals surface area contributed by atoms with Crippen molar-refractivity contribution in [3.05, 3.63) is 246 Å². The first-order chi connectivity index (χ1) is 31.7. The highest BCUT2D eigenvalue weighted by Gasteiger charge is 2.33. The number of para-hydroxylation sites is 3. The fourth-order valence-electron chi connectivity index (χ4n) is 10.6. The Kier molecular flexibility index (Phi) is 11.2. The molecular weight excluding hydrogens is 784 g/mol. The van der Waals surface area contributed by atoms with Gasteiger partial charge in [0.25, 0.3) is 0 Å². The zero-order valence-corrected chi connectivity index (χ0v) is 38.2. The van der Waals surface area contributed by atoms with Gasteiger partial charge in [-0.25, -0.2) is 0 Å². The van der Waals surface area contributed by atoms with E-state index in [1.165, 1.54) is 88.1 Å². The van der Waals surface area contributed by atoms with Crippen LogP contribution in [-0.4, -0.2) is 6.71 Å². The molecule has 0 aliphatic rings. The summed E-state index contributed by atoms with van der Waals surface area (Å²) in [6, 6.07) is 77.8. The summed E-state index contributed by atoms with van der Waals surface area (Å²) in [4.78, 5) is 4.78. The van der Waals surface area contributed by atoms with E-state index in [0.717, 1.165) is 28.4 Å². The van der Waals surface area contributed by atoms with Gasteiger partial charge in [-0.3, -0.25) is 0 Å². The third-order valence-electron chi connectivity index (χ3n) is 13.1. The Morgan fingerprint density at radius 2 is 0.569 bits per heavy atom. The van der Waals surface area contributed by atoms with Gasteiger partial charge in [-0.2, -0.15) is 0 Å². The molecule has 314 valence electrons. The molecule has 10 aromatic rings. The molecule has 0 aromatic heterocycles. The van der Waals surface area contributed by atoms with E-state index < -0.39 is 0 Å². The molecule has 0 aliphatic carbocycles. The van der Waals surface area contributed by atoms with Gasteiger partial charge in [0.1, 0.15) is 0 Å². The number of aryl methyl sites for hydroxylation is 6. The van der Waals surface area contributed by atoms with E-state index in [4.69, 9.17) is 0 Å². The number of fused-ring (bicyclic) bond motifs is 2. The fourth-order valence-corrected chi connectivity index (χ4v) is 10.6. The third-order valence-corrected chi connectivity index (χ3v) is 13.1. The van der Waals surface area contributed by atoms with Crippen LogP contribution in [0.1, 0.15) is 33.4 Å². The molecule has 0 heterocycles. The molecule has 2 nitrogen and oxygen atoms in total. The summed E-state index contributed by atoms with van der Waals surface area (Å²) in [6.45, 7) is 13.7. The van der Waals surface area contributed by atoms with Gasteiger partial charge in [-0.1, -0.05) is 201 Å². The first kappa shape index (κ1) is 41.4. The van der Waals surface area contributed by atoms with E-state index in [1.54, 1.807) is 0 Å². The number of rotatable bonds is 10. The molecule has 0 fully saturated rings. The third kappa shape index (κ3) is 7.78. The molecule has 65 heavy (non-hydrogen) atoms. The molecule has 3 heteroatoms. The lowest BCUT2D eigenvalue weighted by Crippen LogP contribution is -2.56. The van der Waals surface area contributed by atoms with Crippen molar-refractivity contribution in [2.24, 2.45) is 0 Å². The van der Waals surface area contributed by atoms with Crippen molar-refractivity contribution in [1.82, 2.24) is 0 Å². The molecule has 0 bridgehead atoms. The molecule has 10 aromatic carbocycles. The molecule has 0 aliphatic heterocycles. The van der Waals surface area contributed by atoms with Gasteiger partial charge in [-0.05, 0) is 124 Å². The van der Waals surface area contributed by atoms with Crippen LogP contribution in [0.3, 0.4) is 0 Å². The normalized spacial score (nSPS) is 11.2. The van der Waals surface area contributed by atoms with Crippen LogP contribution in [0, 0.1) is 41.5 Å². The summed E-state index contributed by atoms with van der Waals surface area (Å²) in [6.07, 6.45) is 0. The smallest absolute Gasteiger partial charge is 0.244 e. The zero-order valence-electron chi connectivity index (χ0n) is 38.2. The molecule has 0 unspecified atom stereocenters. The lowest BCUT2D eigenvalue weighted by molar-refractivity contribution is 1.28. The standard InChI is InChI=1S/C62H53BN2/c1-42-38-44(3)59(45(4)39-42)63(60-46(5)40-43(2)41-47(60)6)61-55-26-16-18-28-57(55)62(58-29-19-17-27-56(58)61)65(52-24-14-9-15-25-52)54-36-32-49(33-37-54)48-30-34-53(35-31-48)64(50-20-10-7-11-21-50)51-22-12-8-13-23-51/h7-41H,1-6H3. The van der Waals surface area contributed by atoms with E-state index >= 15 is 0 Å². The summed E-state index contributed by atoms with van der Waals surface area (Å²) in [5, 5.41) is 4.98. The van der Waals surface area contributed by atoms with Crippen molar-refractivity contribution in [2.75, 3.05) is 9.80 Å². The summed E-state index contributed by atoms with van der Waals surface area (Å²) in [5.41, 5.74) is 21.1. The largest absolute Gasteiger partial charge is 0.311 e. The van der Waals surface area contributed by atoms with Gasteiger partial charge >= 0.3 is 0 Å². The van der Waals surface area contributed by atoms with Crippen molar-refractivity contribution in [2.45, 2.75) is 41.5 Å². The van der Waals surface area contributed by atoms with Gasteiger partial charge < -0.3 is 9.80 Å². The van der Waals surface area contributed by atoms with Crippen LogP contribution in [0.25, 0.3) is 32.7 Å². The minimum atomic E-state index is 0.0170. The molecule has 0 saturated heterocycles. The Balaban J connectivity index is 1.14. The van der Waals surface area contributed by atoms with Crippen LogP contribution in [-0.2, 0) is 0 Å². The highest BCUT2D eigenvalue weighted by atomic mass is 15.1. The van der Waals surface area contributed by atoms with Crippen molar-refractivity contribution in [3.8, 4) is 11.1 Å². The van der Waals surface area contributed by atoms with Gasteiger partial charge in [0, 0.05) is 39.2 Å². The van der Waals surface area contributed by atoms with Crippen molar-refractivity contribution in [1.29, 1.82) is 0 Å². The highest BCUT2D eigenvalue weighted by molar-refractivity contribution is 6.99. The summed E-state index contributed by atoms with van der Waals surface area (Å²) >= 11 is 0. The lowest BCUT2D eigenvalue weighted by Gasteiger charge is -2.32. The van der Waals surface area contributed by atoms with E-state index in [9.17, 15) is 0 Å². The van der Waals surface area contributed by atoms with E-state index in [-0.39, 0.29) is 6.71 Å². The van der Waals surface area contributed by atoms with Crippen LogP contribution < -0.4 is 26.2 Å². The molecule has 0 N–H and O–H groups in total. The molecule has 0 amide bonds. The molecular formula is C62H53BN2. The molecule has 0 radical (unpaired) electrons. The second-order valence-corrected chi connectivity index (χ2v) is 17.7.